The molecular weight excluding hydrogens is 571 g/mol. The Morgan fingerprint density at radius 2 is 1.88 bits per heavy atom. The molecule has 0 bridgehead atoms. The van der Waals surface area contributed by atoms with Crippen LogP contribution in [-0.4, -0.2) is 52.2 Å². The Hall–Kier alpha value is -4.56. The highest BCUT2D eigenvalue weighted by atomic mass is 32.2. The summed E-state index contributed by atoms with van der Waals surface area (Å²) < 4.78 is 20.5. The third kappa shape index (κ3) is 6.92. The molecule has 2 aliphatic heterocycles. The lowest BCUT2D eigenvalue weighted by molar-refractivity contribution is -0.137. The summed E-state index contributed by atoms with van der Waals surface area (Å²) in [6.07, 6.45) is 1.50. The number of anilines is 1. The molecule has 9 nitrogen and oxygen atoms in total. The van der Waals surface area contributed by atoms with Crippen LogP contribution in [-0.2, 0) is 22.7 Å². The van der Waals surface area contributed by atoms with Gasteiger partial charge in [-0.2, -0.15) is 5.26 Å². The Kier molecular flexibility index (Phi) is 9.16. The minimum Gasteiger partial charge on any atom is -0.489 e. The van der Waals surface area contributed by atoms with E-state index in [4.69, 9.17) is 20.8 Å². The average molecular weight is 603 g/mol. The number of hydrogen-bond acceptors (Lipinski definition) is 7. The van der Waals surface area contributed by atoms with Crippen molar-refractivity contribution in [1.82, 2.24) is 4.90 Å². The highest BCUT2D eigenvalue weighted by Crippen LogP contribution is 2.35. The van der Waals surface area contributed by atoms with Crippen molar-refractivity contribution in [3.05, 3.63) is 88.7 Å². The number of thioether (sulfide) groups is 1. The molecule has 2 aliphatic rings. The monoisotopic (exact) mass is 602 g/mol. The first-order chi connectivity index (χ1) is 20.7. The summed E-state index contributed by atoms with van der Waals surface area (Å²) in [7, 11) is 0. The van der Waals surface area contributed by atoms with Gasteiger partial charge in [0.15, 0.2) is 0 Å². The molecular formula is C32H31FN4O5S. The number of piperidine rings is 1. The minimum atomic E-state index is -1.06. The van der Waals surface area contributed by atoms with E-state index < -0.39 is 17.9 Å². The van der Waals surface area contributed by atoms with Crippen LogP contribution in [0.4, 0.5) is 10.1 Å². The van der Waals surface area contributed by atoms with Crippen LogP contribution in [0.1, 0.15) is 52.7 Å². The fourth-order valence-electron chi connectivity index (χ4n) is 5.49. The van der Waals surface area contributed by atoms with E-state index >= 15 is 0 Å². The molecule has 2 amide bonds. The quantitative estimate of drug-likeness (QED) is 0.322. The van der Waals surface area contributed by atoms with E-state index in [1.165, 1.54) is 11.0 Å². The zero-order valence-electron chi connectivity index (χ0n) is 23.4. The van der Waals surface area contributed by atoms with Gasteiger partial charge in [-0.1, -0.05) is 18.2 Å². The Labute approximate surface area is 253 Å². The predicted molar refractivity (Wildman–Crippen MR) is 159 cm³/mol. The number of rotatable bonds is 11. The van der Waals surface area contributed by atoms with Crippen molar-refractivity contribution in [1.29, 1.82) is 5.26 Å². The number of benzene rings is 3. The van der Waals surface area contributed by atoms with Crippen LogP contribution in [0.5, 0.6) is 5.75 Å². The normalized spacial score (nSPS) is 15.6. The van der Waals surface area contributed by atoms with Crippen molar-refractivity contribution >= 4 is 35.2 Å². The molecule has 5 rings (SSSR count). The lowest BCUT2D eigenvalue weighted by Gasteiger charge is -2.33. The van der Waals surface area contributed by atoms with E-state index in [2.05, 4.69) is 12.1 Å². The van der Waals surface area contributed by atoms with Crippen LogP contribution in [0.3, 0.4) is 0 Å². The number of carbonyl (C=O) groups excluding carboxylic acids is 2. The molecule has 0 radical (unpaired) electrons. The first-order valence-electron chi connectivity index (χ1n) is 14.0. The zero-order chi connectivity index (χ0) is 30.5. The van der Waals surface area contributed by atoms with Gasteiger partial charge in [0.25, 0.3) is 5.91 Å². The number of carbonyl (C=O) groups is 3. The molecule has 1 atom stereocenters. The summed E-state index contributed by atoms with van der Waals surface area (Å²) in [6.45, 7) is 1.88. The number of halogens is 1. The molecule has 1 saturated heterocycles. The van der Waals surface area contributed by atoms with Crippen LogP contribution in [0.15, 0.2) is 65.6 Å². The number of carboxylic acids is 1. The van der Waals surface area contributed by atoms with E-state index in [9.17, 15) is 18.8 Å². The second-order valence-electron chi connectivity index (χ2n) is 10.6. The lowest BCUT2D eigenvalue weighted by Crippen LogP contribution is -2.45. The second-order valence-corrected chi connectivity index (χ2v) is 12.0. The van der Waals surface area contributed by atoms with Crippen molar-refractivity contribution in [3.8, 4) is 11.8 Å². The molecule has 2 heterocycles. The number of aliphatic carboxylic acids is 1. The van der Waals surface area contributed by atoms with Crippen LogP contribution in [0.2, 0.25) is 0 Å². The molecule has 1 unspecified atom stereocenters. The zero-order valence-corrected chi connectivity index (χ0v) is 24.2. The number of hydrogen-bond donors (Lipinski definition) is 2. The smallest absolute Gasteiger partial charge is 0.303 e. The van der Waals surface area contributed by atoms with Gasteiger partial charge >= 0.3 is 5.97 Å². The van der Waals surface area contributed by atoms with Gasteiger partial charge in [-0.05, 0) is 67.3 Å². The third-order valence-electron chi connectivity index (χ3n) is 7.77. The molecule has 0 saturated carbocycles. The van der Waals surface area contributed by atoms with Gasteiger partial charge in [0.1, 0.15) is 24.2 Å². The maximum Gasteiger partial charge on any atom is 0.303 e. The fraction of sp³-hybridized carbons (Fsp3) is 0.312. The predicted octanol–water partition coefficient (Wildman–Crippen LogP) is 4.71. The largest absolute Gasteiger partial charge is 0.489 e. The highest BCUT2D eigenvalue weighted by molar-refractivity contribution is 8.00. The molecule has 3 aromatic carbocycles. The van der Waals surface area contributed by atoms with Crippen LogP contribution in [0, 0.1) is 17.1 Å². The molecule has 0 spiro atoms. The van der Waals surface area contributed by atoms with Crippen molar-refractivity contribution in [2.75, 3.05) is 18.0 Å². The summed E-state index contributed by atoms with van der Waals surface area (Å²) in [6, 6.07) is 18.8. The first kappa shape index (κ1) is 29.9. The molecule has 3 N–H and O–H groups in total. The molecule has 1 fully saturated rings. The van der Waals surface area contributed by atoms with Crippen molar-refractivity contribution in [3.63, 3.8) is 0 Å². The number of primary amides is 1. The Morgan fingerprint density at radius 3 is 2.53 bits per heavy atom. The number of ether oxygens (including phenoxy) is 1. The van der Waals surface area contributed by atoms with Crippen molar-refractivity contribution < 1.29 is 28.6 Å². The summed E-state index contributed by atoms with van der Waals surface area (Å²) in [5, 5.41) is 18.4. The minimum absolute atomic E-state index is 0.0558. The van der Waals surface area contributed by atoms with Gasteiger partial charge in [0.2, 0.25) is 5.91 Å². The number of amides is 2. The van der Waals surface area contributed by atoms with E-state index in [1.54, 1.807) is 42.1 Å². The number of nitrogens with zero attached hydrogens (tertiary/aromatic N) is 3. The maximum atomic E-state index is 14.4. The Balaban J connectivity index is 1.15. The average Bonchev–Trinajstić information content (AvgIpc) is 3.33. The van der Waals surface area contributed by atoms with Crippen LogP contribution in [0.25, 0.3) is 0 Å². The van der Waals surface area contributed by atoms with Gasteiger partial charge in [0.05, 0.1) is 23.9 Å². The standard InChI is InChI=1S/C32H31FN4O5S/c33-26-16-21(17-34)6-9-27(26)36-14-12-23(13-15-36)43-22-7-4-20(5-8-22)19-42-29-3-1-2-24-25(29)18-37(32(24)41)28(31(35)40)10-11-30(38)39/h1-9,16,23,28H,10-15,18-19H2,(H2,35,40)(H,38,39). The number of nitriles is 1. The highest BCUT2D eigenvalue weighted by Gasteiger charge is 2.37. The van der Waals surface area contributed by atoms with E-state index in [0.29, 0.717) is 33.4 Å². The maximum absolute atomic E-state index is 14.4. The Morgan fingerprint density at radius 1 is 1.14 bits per heavy atom. The van der Waals surface area contributed by atoms with Gasteiger partial charge in [-0.15, -0.1) is 11.8 Å². The molecule has 11 heteroatoms. The number of carboxylic acid groups (broad SMARTS) is 1. The third-order valence-corrected chi connectivity index (χ3v) is 9.12. The molecule has 0 aromatic heterocycles. The molecule has 3 aromatic rings. The fourth-order valence-corrected chi connectivity index (χ4v) is 6.61. The van der Waals surface area contributed by atoms with Crippen LogP contribution >= 0.6 is 11.8 Å². The number of nitrogens with two attached hydrogens (primary N) is 1. The lowest BCUT2D eigenvalue weighted by atomic mass is 10.1. The molecule has 43 heavy (non-hydrogen) atoms. The topological polar surface area (TPSA) is 137 Å². The molecule has 222 valence electrons. The van der Waals surface area contributed by atoms with Gasteiger partial charge in [-0.25, -0.2) is 4.39 Å². The summed E-state index contributed by atoms with van der Waals surface area (Å²) >= 11 is 1.80. The second kappa shape index (κ2) is 13.2. The number of fused-ring (bicyclic) bond motifs is 1. The SMILES string of the molecule is N#Cc1ccc(N2CCC(Sc3ccc(COc4cccc5c4CN(C(CCC(=O)O)C(N)=O)C5=O)cc3)CC2)c(F)c1. The van der Waals surface area contributed by atoms with Crippen molar-refractivity contribution in [2.24, 2.45) is 5.73 Å². The van der Waals surface area contributed by atoms with Crippen molar-refractivity contribution in [2.45, 2.75) is 55.0 Å². The summed E-state index contributed by atoms with van der Waals surface area (Å²) in [5.74, 6) is -2.01. The first-order valence-corrected chi connectivity index (χ1v) is 14.9. The van der Waals surface area contributed by atoms with Gasteiger partial charge in [0, 0.05) is 40.8 Å². The molecule has 0 aliphatic carbocycles. The summed E-state index contributed by atoms with van der Waals surface area (Å²) in [4.78, 5) is 40.6. The van der Waals surface area contributed by atoms with E-state index in [1.807, 2.05) is 23.1 Å². The van der Waals surface area contributed by atoms with E-state index in [-0.39, 0.29) is 37.7 Å². The van der Waals surface area contributed by atoms with Crippen LogP contribution < -0.4 is 15.4 Å². The van der Waals surface area contributed by atoms with E-state index in [0.717, 1.165) is 36.4 Å². The van der Waals surface area contributed by atoms with Gasteiger partial charge in [-0.3, -0.25) is 14.4 Å². The Bertz CT molecular complexity index is 1570. The van der Waals surface area contributed by atoms with Gasteiger partial charge < -0.3 is 25.4 Å². The summed E-state index contributed by atoms with van der Waals surface area (Å²) in [5.41, 5.74) is 8.38.